The summed E-state index contributed by atoms with van der Waals surface area (Å²) in [4.78, 5) is 16.4. The summed E-state index contributed by atoms with van der Waals surface area (Å²) in [5.74, 6) is 0.634. The summed E-state index contributed by atoms with van der Waals surface area (Å²) in [7, 11) is -2.94. The summed E-state index contributed by atoms with van der Waals surface area (Å²) in [5.41, 5.74) is 1.27. The lowest BCUT2D eigenvalue weighted by Crippen LogP contribution is -2.24. The Balaban J connectivity index is 1.56. The van der Waals surface area contributed by atoms with Crippen LogP contribution in [-0.4, -0.2) is 36.9 Å². The van der Waals surface area contributed by atoms with Crippen LogP contribution in [0, 0.1) is 0 Å². The third-order valence-electron chi connectivity index (χ3n) is 4.01. The van der Waals surface area contributed by atoms with E-state index >= 15 is 0 Å². The van der Waals surface area contributed by atoms with E-state index in [1.165, 1.54) is 6.20 Å². The van der Waals surface area contributed by atoms with Gasteiger partial charge in [-0.3, -0.25) is 4.79 Å². The molecule has 3 rings (SSSR count). The van der Waals surface area contributed by atoms with E-state index in [4.69, 9.17) is 11.6 Å². The quantitative estimate of drug-likeness (QED) is 0.831. The molecule has 1 aromatic carbocycles. The fourth-order valence-electron chi connectivity index (χ4n) is 2.65. The molecule has 1 amide bonds. The van der Waals surface area contributed by atoms with E-state index in [9.17, 15) is 13.2 Å². The van der Waals surface area contributed by atoms with E-state index in [-0.39, 0.29) is 23.5 Å². The lowest BCUT2D eigenvalue weighted by atomic mass is 10.2. The molecule has 1 fully saturated rings. The van der Waals surface area contributed by atoms with Gasteiger partial charge in [0.25, 0.3) is 5.91 Å². The van der Waals surface area contributed by atoms with Crippen molar-refractivity contribution in [3.8, 4) is 0 Å². The fraction of sp³-hybridized carbons (Fsp3) is 0.294. The fourth-order valence-corrected chi connectivity index (χ4v) is 4.53. The first kappa shape index (κ1) is 17.7. The van der Waals surface area contributed by atoms with Crippen molar-refractivity contribution in [1.29, 1.82) is 0 Å². The summed E-state index contributed by atoms with van der Waals surface area (Å²) >= 11 is 6.06. The first-order valence-electron chi connectivity index (χ1n) is 7.87. The van der Waals surface area contributed by atoms with Gasteiger partial charge in [0.05, 0.1) is 17.1 Å². The molecule has 1 aromatic heterocycles. The van der Waals surface area contributed by atoms with Crippen LogP contribution in [0.1, 0.15) is 22.3 Å². The Morgan fingerprint density at radius 2 is 2.04 bits per heavy atom. The minimum atomic E-state index is -2.94. The number of halogens is 1. The number of nitrogens with one attached hydrogen (secondary N) is 2. The monoisotopic (exact) mass is 379 g/mol. The predicted molar refractivity (Wildman–Crippen MR) is 97.5 cm³/mol. The number of rotatable bonds is 5. The highest BCUT2D eigenvalue weighted by Gasteiger charge is 2.27. The maximum Gasteiger partial charge on any atom is 0.253 e. The van der Waals surface area contributed by atoms with Gasteiger partial charge in [0.1, 0.15) is 5.82 Å². The second-order valence-electron chi connectivity index (χ2n) is 5.95. The molecule has 1 saturated heterocycles. The number of pyridine rings is 1. The van der Waals surface area contributed by atoms with E-state index in [0.717, 1.165) is 5.56 Å². The maximum atomic E-state index is 12.2. The Hall–Kier alpha value is -2.12. The number of amides is 1. The van der Waals surface area contributed by atoms with Gasteiger partial charge in [0.15, 0.2) is 9.84 Å². The van der Waals surface area contributed by atoms with Crippen molar-refractivity contribution in [3.63, 3.8) is 0 Å². The molecular formula is C17H18ClN3O3S. The summed E-state index contributed by atoms with van der Waals surface area (Å²) in [6.45, 7) is 0.332. The van der Waals surface area contributed by atoms with Gasteiger partial charge in [-0.2, -0.15) is 0 Å². The first-order valence-corrected chi connectivity index (χ1v) is 10.1. The molecule has 0 bridgehead atoms. The third-order valence-corrected chi connectivity index (χ3v) is 6.14. The van der Waals surface area contributed by atoms with Crippen molar-refractivity contribution in [2.24, 2.45) is 0 Å². The van der Waals surface area contributed by atoms with Crippen LogP contribution in [0.2, 0.25) is 5.02 Å². The van der Waals surface area contributed by atoms with Gasteiger partial charge in [-0.15, -0.1) is 0 Å². The standard InChI is InChI=1S/C17H18ClN3O3S/c18-15-4-2-1-3-12(15)9-20-17(22)13-5-6-16(19-10-13)21-14-7-8-25(23,24)11-14/h1-6,10,14H,7-9,11H2,(H,19,21)(H,20,22). The second kappa shape index (κ2) is 7.41. The van der Waals surface area contributed by atoms with Crippen LogP contribution in [-0.2, 0) is 16.4 Å². The third kappa shape index (κ3) is 4.70. The average molecular weight is 380 g/mol. The van der Waals surface area contributed by atoms with Crippen LogP contribution in [0.4, 0.5) is 5.82 Å². The number of hydrogen-bond donors (Lipinski definition) is 2. The Labute approximate surface area is 151 Å². The molecule has 0 radical (unpaired) electrons. The SMILES string of the molecule is O=C(NCc1ccccc1Cl)c1ccc(NC2CCS(=O)(=O)C2)nc1. The molecule has 1 atom stereocenters. The topological polar surface area (TPSA) is 88.2 Å². The van der Waals surface area contributed by atoms with Gasteiger partial charge in [-0.1, -0.05) is 29.8 Å². The molecule has 6 nitrogen and oxygen atoms in total. The molecule has 0 spiro atoms. The van der Waals surface area contributed by atoms with Crippen molar-refractivity contribution in [3.05, 3.63) is 58.7 Å². The highest BCUT2D eigenvalue weighted by molar-refractivity contribution is 7.91. The van der Waals surface area contributed by atoms with Gasteiger partial charge in [-0.25, -0.2) is 13.4 Å². The summed E-state index contributed by atoms with van der Waals surface area (Å²) in [6, 6.07) is 10.5. The van der Waals surface area contributed by atoms with Crippen LogP contribution in [0.15, 0.2) is 42.6 Å². The first-order chi connectivity index (χ1) is 11.9. The number of nitrogens with zero attached hydrogens (tertiary/aromatic N) is 1. The lowest BCUT2D eigenvalue weighted by molar-refractivity contribution is 0.0950. The van der Waals surface area contributed by atoms with Crippen LogP contribution >= 0.6 is 11.6 Å². The van der Waals surface area contributed by atoms with Crippen molar-refractivity contribution >= 4 is 33.2 Å². The van der Waals surface area contributed by atoms with Crippen molar-refractivity contribution in [2.45, 2.75) is 19.0 Å². The highest BCUT2D eigenvalue weighted by atomic mass is 35.5. The number of carbonyl (C=O) groups excluding carboxylic acids is 1. The zero-order valence-electron chi connectivity index (χ0n) is 13.4. The second-order valence-corrected chi connectivity index (χ2v) is 8.59. The zero-order valence-corrected chi connectivity index (χ0v) is 15.0. The molecule has 0 aliphatic carbocycles. The Morgan fingerprint density at radius 3 is 2.68 bits per heavy atom. The van der Waals surface area contributed by atoms with E-state index in [0.29, 0.717) is 29.4 Å². The van der Waals surface area contributed by atoms with Crippen LogP contribution in [0.3, 0.4) is 0 Å². The number of carbonyl (C=O) groups is 1. The molecule has 8 heteroatoms. The number of benzene rings is 1. The molecule has 2 N–H and O–H groups in total. The minimum absolute atomic E-state index is 0.120. The minimum Gasteiger partial charge on any atom is -0.366 e. The molecule has 1 aliphatic rings. The van der Waals surface area contributed by atoms with Gasteiger partial charge < -0.3 is 10.6 Å². The molecular weight excluding hydrogens is 362 g/mol. The highest BCUT2D eigenvalue weighted by Crippen LogP contribution is 2.17. The van der Waals surface area contributed by atoms with Crippen LogP contribution in [0.25, 0.3) is 0 Å². The normalized spacial score (nSPS) is 18.7. The lowest BCUT2D eigenvalue weighted by Gasteiger charge is -2.12. The van der Waals surface area contributed by atoms with E-state index < -0.39 is 9.84 Å². The summed E-state index contributed by atoms with van der Waals surface area (Å²) < 4.78 is 22.9. The van der Waals surface area contributed by atoms with E-state index in [1.807, 2.05) is 18.2 Å². The van der Waals surface area contributed by atoms with Crippen LogP contribution in [0.5, 0.6) is 0 Å². The number of hydrogen-bond acceptors (Lipinski definition) is 5. The maximum absolute atomic E-state index is 12.2. The molecule has 25 heavy (non-hydrogen) atoms. The van der Waals surface area contributed by atoms with Crippen molar-refractivity contribution in [1.82, 2.24) is 10.3 Å². The molecule has 1 unspecified atom stereocenters. The Bertz CT molecular complexity index is 869. The Kier molecular flexibility index (Phi) is 5.24. The Morgan fingerprint density at radius 1 is 1.24 bits per heavy atom. The van der Waals surface area contributed by atoms with E-state index in [1.54, 1.807) is 18.2 Å². The number of aromatic nitrogens is 1. The smallest absolute Gasteiger partial charge is 0.253 e. The van der Waals surface area contributed by atoms with E-state index in [2.05, 4.69) is 15.6 Å². The summed E-state index contributed by atoms with van der Waals surface area (Å²) in [5, 5.41) is 6.49. The van der Waals surface area contributed by atoms with Crippen LogP contribution < -0.4 is 10.6 Å². The van der Waals surface area contributed by atoms with Gasteiger partial charge >= 0.3 is 0 Å². The number of sulfone groups is 1. The molecule has 2 aromatic rings. The molecule has 2 heterocycles. The number of anilines is 1. The van der Waals surface area contributed by atoms with Crippen molar-refractivity contribution in [2.75, 3.05) is 16.8 Å². The van der Waals surface area contributed by atoms with Crippen molar-refractivity contribution < 1.29 is 13.2 Å². The van der Waals surface area contributed by atoms with Gasteiger partial charge in [0.2, 0.25) is 0 Å². The molecule has 1 aliphatic heterocycles. The van der Waals surface area contributed by atoms with Gasteiger partial charge in [-0.05, 0) is 30.2 Å². The summed E-state index contributed by atoms with van der Waals surface area (Å²) in [6.07, 6.45) is 2.04. The predicted octanol–water partition coefficient (Wildman–Crippen LogP) is 2.26. The molecule has 0 saturated carbocycles. The average Bonchev–Trinajstić information content (AvgIpc) is 2.93. The zero-order chi connectivity index (χ0) is 17.9. The van der Waals surface area contributed by atoms with Gasteiger partial charge in [0, 0.05) is 23.8 Å². The molecule has 132 valence electrons. The largest absolute Gasteiger partial charge is 0.366 e.